The highest BCUT2D eigenvalue weighted by Gasteiger charge is 2.23. The minimum Gasteiger partial charge on any atom is -0.377 e. The lowest BCUT2D eigenvalue weighted by Gasteiger charge is -2.19. The Bertz CT molecular complexity index is 476. The fourth-order valence-corrected chi connectivity index (χ4v) is 2.96. The van der Waals surface area contributed by atoms with Crippen molar-refractivity contribution in [3.63, 3.8) is 0 Å². The Morgan fingerprint density at radius 3 is 2.86 bits per heavy atom. The summed E-state index contributed by atoms with van der Waals surface area (Å²) in [6.45, 7) is 1.18. The molecule has 0 aromatic heterocycles. The third-order valence-corrected chi connectivity index (χ3v) is 4.03. The smallest absolute Gasteiger partial charge is 0.242 e. The van der Waals surface area contributed by atoms with Gasteiger partial charge in [0.1, 0.15) is 6.04 Å². The molecule has 5 N–H and O–H groups in total. The SMILES string of the molecule is CS(=O)(=O)NC(N)=NCCOC[C@H](N)C(=O)N1CCSC1. The lowest BCUT2D eigenvalue weighted by Crippen LogP contribution is -2.45. The van der Waals surface area contributed by atoms with E-state index in [1.807, 2.05) is 4.72 Å². The minimum atomic E-state index is -3.42. The van der Waals surface area contributed by atoms with E-state index in [2.05, 4.69) is 4.99 Å². The number of carbonyl (C=O) groups is 1. The van der Waals surface area contributed by atoms with Crippen molar-refractivity contribution >= 4 is 33.7 Å². The van der Waals surface area contributed by atoms with Gasteiger partial charge in [0.2, 0.25) is 21.9 Å². The summed E-state index contributed by atoms with van der Waals surface area (Å²) in [5.74, 6) is 1.28. The van der Waals surface area contributed by atoms with E-state index in [9.17, 15) is 13.2 Å². The first kappa shape index (κ1) is 18.0. The number of aliphatic imine (C=N–C) groups is 1. The number of ether oxygens (including phenoxy) is 1. The molecular formula is C10H21N5O4S2. The third kappa shape index (κ3) is 7.50. The maximum absolute atomic E-state index is 11.9. The summed E-state index contributed by atoms with van der Waals surface area (Å²) in [7, 11) is -3.42. The van der Waals surface area contributed by atoms with Crippen molar-refractivity contribution in [2.75, 3.05) is 44.2 Å². The van der Waals surface area contributed by atoms with Crippen LogP contribution in [0.5, 0.6) is 0 Å². The van der Waals surface area contributed by atoms with Gasteiger partial charge < -0.3 is 21.1 Å². The van der Waals surface area contributed by atoms with Gasteiger partial charge in [0.15, 0.2) is 0 Å². The highest BCUT2D eigenvalue weighted by Crippen LogP contribution is 2.13. The molecule has 1 aliphatic rings. The highest BCUT2D eigenvalue weighted by molar-refractivity contribution is 7.99. The summed E-state index contributed by atoms with van der Waals surface area (Å²) in [6, 6.07) is -0.695. The number of nitrogens with two attached hydrogens (primary N) is 2. The number of sulfonamides is 1. The van der Waals surface area contributed by atoms with Crippen molar-refractivity contribution in [2.24, 2.45) is 16.5 Å². The number of guanidine groups is 1. The molecule has 0 aliphatic carbocycles. The van der Waals surface area contributed by atoms with Crippen LogP contribution in [0.25, 0.3) is 0 Å². The van der Waals surface area contributed by atoms with Crippen molar-refractivity contribution in [3.8, 4) is 0 Å². The number of hydrogen-bond acceptors (Lipinski definition) is 7. The first-order valence-electron chi connectivity index (χ1n) is 6.27. The van der Waals surface area contributed by atoms with Crippen molar-refractivity contribution in [2.45, 2.75) is 6.04 Å². The summed E-state index contributed by atoms with van der Waals surface area (Å²) in [4.78, 5) is 17.3. The second kappa shape index (κ2) is 8.41. The van der Waals surface area contributed by atoms with Gasteiger partial charge in [-0.25, -0.2) is 8.42 Å². The van der Waals surface area contributed by atoms with Crippen molar-refractivity contribution in [1.82, 2.24) is 9.62 Å². The Morgan fingerprint density at radius 1 is 1.57 bits per heavy atom. The number of hydrogen-bond donors (Lipinski definition) is 3. The van der Waals surface area contributed by atoms with Crippen molar-refractivity contribution in [3.05, 3.63) is 0 Å². The molecule has 0 radical (unpaired) electrons. The zero-order valence-corrected chi connectivity index (χ0v) is 13.5. The van der Waals surface area contributed by atoms with Gasteiger partial charge in [-0.1, -0.05) is 0 Å². The van der Waals surface area contributed by atoms with E-state index in [-0.39, 0.29) is 31.6 Å². The van der Waals surface area contributed by atoms with Crippen molar-refractivity contribution in [1.29, 1.82) is 0 Å². The van der Waals surface area contributed by atoms with E-state index >= 15 is 0 Å². The average molecular weight is 339 g/mol. The zero-order chi connectivity index (χ0) is 15.9. The molecule has 1 atom stereocenters. The molecule has 1 fully saturated rings. The van der Waals surface area contributed by atoms with Gasteiger partial charge >= 0.3 is 0 Å². The van der Waals surface area contributed by atoms with Gasteiger partial charge in [0.25, 0.3) is 0 Å². The topological polar surface area (TPSA) is 140 Å². The highest BCUT2D eigenvalue weighted by atomic mass is 32.2. The van der Waals surface area contributed by atoms with Crippen LogP contribution in [-0.2, 0) is 19.6 Å². The number of nitrogens with one attached hydrogen (secondary N) is 1. The lowest BCUT2D eigenvalue weighted by atomic mass is 10.3. The molecule has 21 heavy (non-hydrogen) atoms. The molecular weight excluding hydrogens is 318 g/mol. The van der Waals surface area contributed by atoms with Crippen LogP contribution in [0.3, 0.4) is 0 Å². The quantitative estimate of drug-likeness (QED) is 0.270. The van der Waals surface area contributed by atoms with Crippen LogP contribution in [0.2, 0.25) is 0 Å². The van der Waals surface area contributed by atoms with Crippen LogP contribution in [0.15, 0.2) is 4.99 Å². The molecule has 11 heteroatoms. The zero-order valence-electron chi connectivity index (χ0n) is 11.8. The van der Waals surface area contributed by atoms with Crippen LogP contribution in [0.4, 0.5) is 0 Å². The first-order valence-corrected chi connectivity index (χ1v) is 9.32. The van der Waals surface area contributed by atoms with Gasteiger partial charge in [0, 0.05) is 12.3 Å². The van der Waals surface area contributed by atoms with Gasteiger partial charge in [-0.15, -0.1) is 11.8 Å². The van der Waals surface area contributed by atoms with Crippen molar-refractivity contribution < 1.29 is 17.9 Å². The van der Waals surface area contributed by atoms with E-state index in [4.69, 9.17) is 16.2 Å². The number of amides is 1. The van der Waals surface area contributed by atoms with Crippen LogP contribution in [-0.4, -0.2) is 75.4 Å². The van der Waals surface area contributed by atoms with Gasteiger partial charge in [0.05, 0.1) is 31.9 Å². The molecule has 122 valence electrons. The van der Waals surface area contributed by atoms with Gasteiger partial charge in [-0.2, -0.15) is 0 Å². The standard InChI is InChI=1S/C10H21N5O4S2/c1-21(17,18)14-10(12)13-2-4-19-6-8(11)9(16)15-3-5-20-7-15/h8H,2-7,11H2,1H3,(H3,12,13,14)/t8-/m0/s1. The molecule has 0 unspecified atom stereocenters. The first-order chi connectivity index (χ1) is 9.79. The lowest BCUT2D eigenvalue weighted by molar-refractivity contribution is -0.132. The van der Waals surface area contributed by atoms with Gasteiger partial charge in [-0.3, -0.25) is 14.5 Å². The van der Waals surface area contributed by atoms with E-state index < -0.39 is 16.1 Å². The summed E-state index contributed by atoms with van der Waals surface area (Å²) in [5, 5.41) is 0. The summed E-state index contributed by atoms with van der Waals surface area (Å²) in [6.07, 6.45) is 0.979. The second-order valence-electron chi connectivity index (χ2n) is 4.46. The van der Waals surface area contributed by atoms with Crippen LogP contribution >= 0.6 is 11.8 Å². The Kier molecular flexibility index (Phi) is 7.22. The number of thioether (sulfide) groups is 1. The van der Waals surface area contributed by atoms with Crippen LogP contribution in [0.1, 0.15) is 0 Å². The number of carbonyl (C=O) groups excluding carboxylic acids is 1. The monoisotopic (exact) mass is 339 g/mol. The Balaban J connectivity index is 2.18. The molecule has 0 bridgehead atoms. The minimum absolute atomic E-state index is 0.0922. The normalized spacial score (nSPS) is 17.8. The van der Waals surface area contributed by atoms with Crippen LogP contribution in [0, 0.1) is 0 Å². The molecule has 1 rings (SSSR count). The van der Waals surface area contributed by atoms with E-state index in [0.717, 1.165) is 18.6 Å². The summed E-state index contributed by atoms with van der Waals surface area (Å²) in [5.41, 5.74) is 11.1. The third-order valence-electron chi connectivity index (χ3n) is 2.49. The fourth-order valence-electron chi connectivity index (χ4n) is 1.56. The molecule has 0 aromatic rings. The number of nitrogens with zero attached hydrogens (tertiary/aromatic N) is 2. The molecule has 1 amide bonds. The second-order valence-corrected chi connectivity index (χ2v) is 7.28. The predicted octanol–water partition coefficient (Wildman–Crippen LogP) is -2.27. The Labute approximate surface area is 128 Å². The maximum atomic E-state index is 11.9. The predicted molar refractivity (Wildman–Crippen MR) is 82.3 cm³/mol. The molecule has 1 saturated heterocycles. The molecule has 9 nitrogen and oxygen atoms in total. The van der Waals surface area contributed by atoms with Gasteiger partial charge in [-0.05, 0) is 0 Å². The molecule has 1 heterocycles. The summed E-state index contributed by atoms with van der Waals surface area (Å²) < 4.78 is 29.0. The molecule has 0 spiro atoms. The van der Waals surface area contributed by atoms with E-state index in [1.54, 1.807) is 16.7 Å². The maximum Gasteiger partial charge on any atom is 0.242 e. The fraction of sp³-hybridized carbons (Fsp3) is 0.800. The molecule has 0 aromatic carbocycles. The Morgan fingerprint density at radius 2 is 2.29 bits per heavy atom. The average Bonchev–Trinajstić information content (AvgIpc) is 2.88. The van der Waals surface area contributed by atoms with E-state index in [1.165, 1.54) is 0 Å². The summed E-state index contributed by atoms with van der Waals surface area (Å²) >= 11 is 1.69. The molecule has 1 aliphatic heterocycles. The van der Waals surface area contributed by atoms with E-state index in [0.29, 0.717) is 5.88 Å². The Hall–Kier alpha value is -1.04. The number of rotatable bonds is 7. The largest absolute Gasteiger partial charge is 0.377 e. The molecule has 0 saturated carbocycles. The van der Waals surface area contributed by atoms with Crippen LogP contribution < -0.4 is 16.2 Å².